The van der Waals surface area contributed by atoms with Crippen molar-refractivity contribution < 1.29 is 23.1 Å². The molecule has 0 aliphatic carbocycles. The molecule has 3 N–H and O–H groups in total. The molecule has 45 heavy (non-hydrogen) atoms. The van der Waals surface area contributed by atoms with Crippen LogP contribution in [0, 0.1) is 11.6 Å². The summed E-state index contributed by atoms with van der Waals surface area (Å²) >= 11 is 0. The molecule has 232 valence electrons. The molecular weight excluding hydrogens is 584 g/mol. The van der Waals surface area contributed by atoms with E-state index in [0.717, 1.165) is 11.8 Å². The second kappa shape index (κ2) is 13.0. The van der Waals surface area contributed by atoms with Gasteiger partial charge in [0.1, 0.15) is 28.7 Å². The molecule has 2 aromatic carbocycles. The summed E-state index contributed by atoms with van der Waals surface area (Å²) in [4.78, 5) is 43.8. The van der Waals surface area contributed by atoms with Gasteiger partial charge in [0.25, 0.3) is 11.5 Å². The molecule has 0 radical (unpaired) electrons. The van der Waals surface area contributed by atoms with Crippen LogP contribution in [0.1, 0.15) is 40.5 Å². The average molecular weight is 616 g/mol. The van der Waals surface area contributed by atoms with Gasteiger partial charge in [-0.3, -0.25) is 19.1 Å². The van der Waals surface area contributed by atoms with E-state index in [9.17, 15) is 18.8 Å². The summed E-state index contributed by atoms with van der Waals surface area (Å²) in [6.45, 7) is 4.64. The molecule has 1 saturated heterocycles. The highest BCUT2D eigenvalue weighted by atomic mass is 19.1. The van der Waals surface area contributed by atoms with Crippen LogP contribution in [0.25, 0.3) is 16.8 Å². The van der Waals surface area contributed by atoms with Gasteiger partial charge in [-0.25, -0.2) is 18.3 Å². The Bertz CT molecular complexity index is 1860. The highest BCUT2D eigenvalue weighted by molar-refractivity contribution is 6.05. The van der Waals surface area contributed by atoms with E-state index in [1.54, 1.807) is 15.6 Å². The second-order valence-electron chi connectivity index (χ2n) is 10.3. The predicted octanol–water partition coefficient (Wildman–Crippen LogP) is 4.58. The summed E-state index contributed by atoms with van der Waals surface area (Å²) in [6.07, 6.45) is 2.30. The van der Waals surface area contributed by atoms with E-state index in [0.29, 0.717) is 42.9 Å². The molecule has 4 aromatic rings. The molecule has 3 heterocycles. The Hall–Kier alpha value is -5.59. The van der Waals surface area contributed by atoms with Crippen LogP contribution in [-0.4, -0.2) is 65.9 Å². The zero-order chi connectivity index (χ0) is 32.2. The third-order valence-corrected chi connectivity index (χ3v) is 7.79. The lowest BCUT2D eigenvalue weighted by molar-refractivity contribution is 0.102. The van der Waals surface area contributed by atoms with E-state index in [1.807, 2.05) is 0 Å². The molecule has 0 spiro atoms. The fraction of sp³-hybridized carbons (Fsp3) is 0.219. The lowest BCUT2D eigenvalue weighted by Gasteiger charge is -2.31. The van der Waals surface area contributed by atoms with Crippen LogP contribution in [-0.2, 0) is 4.74 Å². The summed E-state index contributed by atoms with van der Waals surface area (Å²) in [5.74, 6) is -1.77. The number of pyridine rings is 1. The molecule has 2 aromatic heterocycles. The summed E-state index contributed by atoms with van der Waals surface area (Å²) in [5.41, 5.74) is 7.66. The quantitative estimate of drug-likeness (QED) is 0.232. The van der Waals surface area contributed by atoms with Crippen molar-refractivity contribution in [2.45, 2.75) is 18.8 Å². The van der Waals surface area contributed by atoms with Crippen molar-refractivity contribution >= 4 is 30.2 Å². The highest BCUT2D eigenvalue weighted by Gasteiger charge is 2.30. The molecule has 1 aliphatic heterocycles. The fourth-order valence-corrected chi connectivity index (χ4v) is 5.49. The number of hydrogen-bond donors (Lipinski definition) is 2. The van der Waals surface area contributed by atoms with E-state index in [1.165, 1.54) is 73.5 Å². The van der Waals surface area contributed by atoms with Crippen LogP contribution >= 0.6 is 0 Å². The summed E-state index contributed by atoms with van der Waals surface area (Å²) in [6, 6.07) is 14.1. The molecule has 0 unspecified atom stereocenters. The Kier molecular flexibility index (Phi) is 8.88. The number of ether oxygens (including phenoxy) is 1. The lowest BCUT2D eigenvalue weighted by Crippen LogP contribution is -2.38. The number of rotatable bonds is 7. The minimum atomic E-state index is -0.741. The number of piperidine rings is 1. The molecule has 11 nitrogen and oxygen atoms in total. The first-order chi connectivity index (χ1) is 21.7. The highest BCUT2D eigenvalue weighted by Crippen LogP contribution is 2.37. The first kappa shape index (κ1) is 30.9. The van der Waals surface area contributed by atoms with E-state index < -0.39 is 29.2 Å². The first-order valence-electron chi connectivity index (χ1n) is 14.0. The number of nitrogens with zero attached hydrogens (tertiary/aromatic N) is 5. The number of likely N-dealkylation sites (tertiary alicyclic amines) is 1. The molecular formula is C32H31F2N7O4. The largest absolute Gasteiger partial charge is 0.453 e. The average Bonchev–Trinajstić information content (AvgIpc) is 3.44. The number of hydrogen-bond acceptors (Lipinski definition) is 6. The predicted molar refractivity (Wildman–Crippen MR) is 167 cm³/mol. The van der Waals surface area contributed by atoms with Gasteiger partial charge in [0.15, 0.2) is 0 Å². The van der Waals surface area contributed by atoms with Crippen molar-refractivity contribution in [2.75, 3.05) is 32.6 Å². The first-order valence-corrected chi connectivity index (χ1v) is 14.0. The van der Waals surface area contributed by atoms with Crippen LogP contribution < -0.4 is 16.6 Å². The lowest BCUT2D eigenvalue weighted by atomic mass is 9.93. The molecule has 1 aliphatic rings. The van der Waals surface area contributed by atoms with Gasteiger partial charge in [-0.1, -0.05) is 0 Å². The Morgan fingerprint density at radius 2 is 1.76 bits per heavy atom. The topological polar surface area (TPSA) is 136 Å². The molecule has 0 saturated carbocycles. The number of benzene rings is 2. The van der Waals surface area contributed by atoms with Gasteiger partial charge in [-0.15, -0.1) is 0 Å². The third-order valence-electron chi connectivity index (χ3n) is 7.79. The maximum Gasteiger partial charge on any atom is 0.409 e. The zero-order valence-electron chi connectivity index (χ0n) is 24.7. The summed E-state index contributed by atoms with van der Waals surface area (Å²) < 4.78 is 36.7. The van der Waals surface area contributed by atoms with E-state index >= 15 is 4.39 Å². The third kappa shape index (κ3) is 6.09. The number of nitrogens with two attached hydrogens (primary N) is 1. The number of anilines is 1. The smallest absolute Gasteiger partial charge is 0.409 e. The van der Waals surface area contributed by atoms with Gasteiger partial charge >= 0.3 is 6.09 Å². The molecule has 5 rings (SSSR count). The maximum atomic E-state index is 15.8. The van der Waals surface area contributed by atoms with Gasteiger partial charge in [0.2, 0.25) is 0 Å². The van der Waals surface area contributed by atoms with Crippen LogP contribution in [0.2, 0.25) is 0 Å². The van der Waals surface area contributed by atoms with Gasteiger partial charge in [0.05, 0.1) is 7.11 Å². The normalized spacial score (nSPS) is 13.9. The van der Waals surface area contributed by atoms with Crippen molar-refractivity contribution in [3.8, 4) is 16.8 Å². The van der Waals surface area contributed by atoms with E-state index in [4.69, 9.17) is 10.5 Å². The van der Waals surface area contributed by atoms with Crippen LogP contribution in [0.4, 0.5) is 19.3 Å². The Morgan fingerprint density at radius 3 is 2.38 bits per heavy atom. The molecule has 0 atom stereocenters. The van der Waals surface area contributed by atoms with Gasteiger partial charge < -0.3 is 20.7 Å². The number of nitrogens with one attached hydrogen (secondary N) is 1. The standard InChI is InChI=1S/C32H31F2N7O4/c1-36-29(35)28-25(18-27(41(28)37-2)19-12-15-39(16-13-19)32(44)45-3)23-11-8-21(17-26(23)34)38-30(42)24-5-4-14-40(31(24)43)22-9-6-20(33)7-10-22/h4-11,14,17-19H,2,12-13,15-16H2,1,3H3,(H2,35,36)(H,38,42). The van der Waals surface area contributed by atoms with Crippen molar-refractivity contribution in [1.29, 1.82) is 0 Å². The number of halogens is 2. The van der Waals surface area contributed by atoms with Crippen LogP contribution in [0.5, 0.6) is 0 Å². The van der Waals surface area contributed by atoms with Crippen LogP contribution in [0.3, 0.4) is 0 Å². The van der Waals surface area contributed by atoms with Crippen LogP contribution in [0.15, 0.2) is 81.7 Å². The number of carbonyl (C=O) groups excluding carboxylic acids is 2. The molecule has 2 amide bonds. The zero-order valence-corrected chi connectivity index (χ0v) is 24.7. The van der Waals surface area contributed by atoms with Crippen molar-refractivity contribution in [2.24, 2.45) is 15.8 Å². The monoisotopic (exact) mass is 615 g/mol. The van der Waals surface area contributed by atoms with Crippen molar-refractivity contribution in [1.82, 2.24) is 14.1 Å². The van der Waals surface area contributed by atoms with Crippen molar-refractivity contribution in [3.05, 3.63) is 106 Å². The summed E-state index contributed by atoms with van der Waals surface area (Å²) in [7, 11) is 2.85. The molecule has 13 heteroatoms. The number of amidine groups is 1. The van der Waals surface area contributed by atoms with E-state index in [-0.39, 0.29) is 28.6 Å². The number of aromatic nitrogens is 2. The van der Waals surface area contributed by atoms with Crippen molar-refractivity contribution in [3.63, 3.8) is 0 Å². The minimum absolute atomic E-state index is 0.0278. The van der Waals surface area contributed by atoms with Gasteiger partial charge in [-0.2, -0.15) is 5.10 Å². The minimum Gasteiger partial charge on any atom is -0.453 e. The van der Waals surface area contributed by atoms with E-state index in [2.05, 4.69) is 22.1 Å². The number of methoxy groups -OCH3 is 1. The number of aliphatic imine (C=N–C) groups is 1. The Balaban J connectivity index is 1.44. The Labute approximate surface area is 257 Å². The molecule has 1 fully saturated rings. The SMILES string of the molecule is C=Nn1c(C2CCN(C(=O)OC)CC2)cc(-c2ccc(NC(=O)c3cccn(-c4ccc(F)cc4)c3=O)cc2F)c1C(N)=NC. The van der Waals surface area contributed by atoms with Gasteiger partial charge in [0, 0.05) is 67.2 Å². The fourth-order valence-electron chi connectivity index (χ4n) is 5.49. The Morgan fingerprint density at radius 1 is 1.04 bits per heavy atom. The number of amides is 2. The second-order valence-corrected chi connectivity index (χ2v) is 10.3. The number of carbonyl (C=O) groups is 2. The summed E-state index contributed by atoms with van der Waals surface area (Å²) in [5, 5.41) is 6.74. The molecule has 0 bridgehead atoms. The van der Waals surface area contributed by atoms with Gasteiger partial charge in [-0.05, 0) is 73.5 Å². The maximum absolute atomic E-state index is 15.8.